The van der Waals surface area contributed by atoms with E-state index in [2.05, 4.69) is 0 Å². The lowest BCUT2D eigenvalue weighted by Crippen LogP contribution is -2.30. The number of carboxylic acids is 2. The second-order valence-electron chi connectivity index (χ2n) is 3.50. The summed E-state index contributed by atoms with van der Waals surface area (Å²) in [4.78, 5) is 20.8. The Kier molecular flexibility index (Phi) is 4.04. The van der Waals surface area contributed by atoms with Crippen LogP contribution in [0.2, 0.25) is 0 Å². The average molecular weight is 273 g/mol. The highest BCUT2D eigenvalue weighted by Gasteiger charge is 2.19. The van der Waals surface area contributed by atoms with E-state index in [1.165, 1.54) is 19.1 Å². The minimum absolute atomic E-state index is 0.184. The Labute approximate surface area is 103 Å². The summed E-state index contributed by atoms with van der Waals surface area (Å²) in [7, 11) is -4.04. The molecule has 0 aliphatic rings. The van der Waals surface area contributed by atoms with Crippen molar-refractivity contribution < 1.29 is 28.2 Å². The zero-order chi connectivity index (χ0) is 13.9. The maximum atomic E-state index is 11.8. The summed E-state index contributed by atoms with van der Waals surface area (Å²) >= 11 is 0. The summed E-state index contributed by atoms with van der Waals surface area (Å²) in [5, 5.41) is 17.2. The molecule has 0 aliphatic heterocycles. The van der Waals surface area contributed by atoms with Gasteiger partial charge in [-0.2, -0.15) is 4.72 Å². The molecule has 0 radical (unpaired) electrons. The van der Waals surface area contributed by atoms with Crippen LogP contribution in [-0.2, 0) is 14.8 Å². The number of nitrogens with one attached hydrogen (secondary N) is 1. The Morgan fingerprint density at radius 1 is 1.28 bits per heavy atom. The van der Waals surface area contributed by atoms with Gasteiger partial charge in [-0.3, -0.25) is 4.79 Å². The van der Waals surface area contributed by atoms with Crippen molar-refractivity contribution in [2.24, 2.45) is 0 Å². The summed E-state index contributed by atoms with van der Waals surface area (Å²) in [6, 6.07) is 3.61. The van der Waals surface area contributed by atoms with Crippen molar-refractivity contribution in [2.45, 2.75) is 11.8 Å². The van der Waals surface area contributed by atoms with E-state index in [0.717, 1.165) is 6.07 Å². The lowest BCUT2D eigenvalue weighted by molar-refractivity contribution is -0.135. The molecule has 0 atom stereocenters. The molecule has 0 amide bonds. The fraction of sp³-hybridized carbons (Fsp3) is 0.200. The van der Waals surface area contributed by atoms with Crippen LogP contribution in [-0.4, -0.2) is 37.1 Å². The third-order valence-electron chi connectivity index (χ3n) is 2.14. The Bertz CT molecular complexity index is 592. The van der Waals surface area contributed by atoms with Crippen LogP contribution in [0.25, 0.3) is 0 Å². The molecule has 98 valence electrons. The molecule has 0 saturated heterocycles. The van der Waals surface area contributed by atoms with Gasteiger partial charge in [0.05, 0.1) is 10.5 Å². The highest BCUT2D eigenvalue weighted by molar-refractivity contribution is 7.89. The average Bonchev–Trinajstić information content (AvgIpc) is 2.26. The predicted molar refractivity (Wildman–Crippen MR) is 61.0 cm³/mol. The third-order valence-corrected chi connectivity index (χ3v) is 3.68. The Hall–Kier alpha value is -1.93. The molecule has 18 heavy (non-hydrogen) atoms. The van der Waals surface area contributed by atoms with E-state index in [9.17, 15) is 18.0 Å². The minimum atomic E-state index is -4.04. The molecular formula is C10H11NO6S. The number of hydrogen-bond acceptors (Lipinski definition) is 4. The van der Waals surface area contributed by atoms with Crippen LogP contribution in [0.5, 0.6) is 0 Å². The van der Waals surface area contributed by atoms with E-state index in [4.69, 9.17) is 10.2 Å². The van der Waals surface area contributed by atoms with Gasteiger partial charge in [0.25, 0.3) is 0 Å². The van der Waals surface area contributed by atoms with E-state index in [0.29, 0.717) is 5.56 Å². The molecule has 0 spiro atoms. The van der Waals surface area contributed by atoms with Gasteiger partial charge >= 0.3 is 11.9 Å². The molecule has 0 fully saturated rings. The predicted octanol–water partition coefficient (Wildman–Crippen LogP) is 0.0561. The van der Waals surface area contributed by atoms with Gasteiger partial charge in [-0.15, -0.1) is 0 Å². The van der Waals surface area contributed by atoms with Gasteiger partial charge in [0.1, 0.15) is 6.54 Å². The monoisotopic (exact) mass is 273 g/mol. The third kappa shape index (κ3) is 3.28. The molecule has 0 aromatic heterocycles. The number of sulfonamides is 1. The molecule has 0 aliphatic carbocycles. The van der Waals surface area contributed by atoms with E-state index in [1.807, 2.05) is 4.72 Å². The Morgan fingerprint density at radius 2 is 1.89 bits per heavy atom. The Balaban J connectivity index is 3.18. The van der Waals surface area contributed by atoms with E-state index >= 15 is 0 Å². The molecular weight excluding hydrogens is 262 g/mol. The SMILES string of the molecule is Cc1ccc(C(=O)O)cc1S(=O)(=O)NCC(=O)O. The number of hydrogen-bond donors (Lipinski definition) is 3. The van der Waals surface area contributed by atoms with Crippen molar-refractivity contribution in [2.75, 3.05) is 6.54 Å². The molecule has 0 heterocycles. The van der Waals surface area contributed by atoms with Gasteiger partial charge in [-0.25, -0.2) is 13.2 Å². The number of carboxylic acid groups (broad SMARTS) is 2. The van der Waals surface area contributed by atoms with Gasteiger partial charge in [0, 0.05) is 0 Å². The molecule has 1 aromatic rings. The fourth-order valence-corrected chi connectivity index (χ4v) is 2.50. The summed E-state index contributed by atoms with van der Waals surface area (Å²) in [6.45, 7) is 0.722. The largest absolute Gasteiger partial charge is 0.480 e. The fourth-order valence-electron chi connectivity index (χ4n) is 1.26. The number of rotatable bonds is 5. The van der Waals surface area contributed by atoms with Crippen molar-refractivity contribution >= 4 is 22.0 Å². The normalized spacial score (nSPS) is 11.2. The molecule has 0 unspecified atom stereocenters. The second kappa shape index (κ2) is 5.15. The molecule has 1 rings (SSSR count). The maximum Gasteiger partial charge on any atom is 0.335 e. The van der Waals surface area contributed by atoms with Crippen LogP contribution >= 0.6 is 0 Å². The first kappa shape index (κ1) is 14.1. The molecule has 0 saturated carbocycles. The van der Waals surface area contributed by atoms with Crippen LogP contribution in [0.15, 0.2) is 23.1 Å². The molecule has 7 nitrogen and oxygen atoms in total. The molecule has 0 bridgehead atoms. The van der Waals surface area contributed by atoms with Crippen LogP contribution in [0, 0.1) is 6.92 Å². The van der Waals surface area contributed by atoms with Crippen molar-refractivity contribution in [1.29, 1.82) is 0 Å². The quantitative estimate of drug-likeness (QED) is 0.697. The van der Waals surface area contributed by atoms with Gasteiger partial charge in [-0.05, 0) is 24.6 Å². The van der Waals surface area contributed by atoms with Crippen LogP contribution in [0.3, 0.4) is 0 Å². The number of carbonyl (C=O) groups is 2. The van der Waals surface area contributed by atoms with E-state index < -0.39 is 28.5 Å². The minimum Gasteiger partial charge on any atom is -0.480 e. The first-order chi connectivity index (χ1) is 8.24. The lowest BCUT2D eigenvalue weighted by atomic mass is 10.1. The lowest BCUT2D eigenvalue weighted by Gasteiger charge is -2.08. The van der Waals surface area contributed by atoms with Crippen molar-refractivity contribution in [3.05, 3.63) is 29.3 Å². The standard InChI is InChI=1S/C10H11NO6S/c1-6-2-3-7(10(14)15)4-8(6)18(16,17)11-5-9(12)13/h2-4,11H,5H2,1H3,(H,12,13)(H,14,15). The zero-order valence-electron chi connectivity index (χ0n) is 9.37. The van der Waals surface area contributed by atoms with Crippen LogP contribution < -0.4 is 4.72 Å². The second-order valence-corrected chi connectivity index (χ2v) is 5.24. The van der Waals surface area contributed by atoms with E-state index in [1.54, 1.807) is 0 Å². The van der Waals surface area contributed by atoms with Gasteiger partial charge in [0.2, 0.25) is 10.0 Å². The van der Waals surface area contributed by atoms with Crippen LogP contribution in [0.4, 0.5) is 0 Å². The number of aromatic carboxylic acids is 1. The van der Waals surface area contributed by atoms with Gasteiger partial charge < -0.3 is 10.2 Å². The molecule has 1 aromatic carbocycles. The van der Waals surface area contributed by atoms with Crippen molar-refractivity contribution in [3.8, 4) is 0 Å². The maximum absolute atomic E-state index is 11.8. The molecule has 8 heteroatoms. The van der Waals surface area contributed by atoms with Gasteiger partial charge in [0.15, 0.2) is 0 Å². The summed E-state index contributed by atoms with van der Waals surface area (Å²) in [5.74, 6) is -2.59. The molecule has 3 N–H and O–H groups in total. The summed E-state index contributed by atoms with van der Waals surface area (Å²) in [5.41, 5.74) is 0.147. The van der Waals surface area contributed by atoms with Crippen LogP contribution in [0.1, 0.15) is 15.9 Å². The highest BCUT2D eigenvalue weighted by Crippen LogP contribution is 2.16. The first-order valence-corrected chi connectivity index (χ1v) is 6.28. The number of aryl methyl sites for hydroxylation is 1. The number of aliphatic carboxylic acids is 1. The highest BCUT2D eigenvalue weighted by atomic mass is 32.2. The topological polar surface area (TPSA) is 121 Å². The van der Waals surface area contributed by atoms with Gasteiger partial charge in [-0.1, -0.05) is 6.07 Å². The number of benzene rings is 1. The first-order valence-electron chi connectivity index (χ1n) is 4.79. The smallest absolute Gasteiger partial charge is 0.335 e. The van der Waals surface area contributed by atoms with Crippen molar-refractivity contribution in [3.63, 3.8) is 0 Å². The van der Waals surface area contributed by atoms with E-state index in [-0.39, 0.29) is 10.5 Å². The van der Waals surface area contributed by atoms with Crippen molar-refractivity contribution in [1.82, 2.24) is 4.72 Å². The zero-order valence-corrected chi connectivity index (χ0v) is 10.2. The summed E-state index contributed by atoms with van der Waals surface area (Å²) < 4.78 is 25.4. The Morgan fingerprint density at radius 3 is 2.39 bits per heavy atom. The summed E-state index contributed by atoms with van der Waals surface area (Å²) in [6.07, 6.45) is 0.